The van der Waals surface area contributed by atoms with Crippen molar-refractivity contribution in [2.24, 2.45) is 0 Å². The van der Waals surface area contributed by atoms with E-state index in [1.54, 1.807) is 0 Å². The van der Waals surface area contributed by atoms with Crippen molar-refractivity contribution in [2.75, 3.05) is 0 Å². The molecule has 0 bridgehead atoms. The van der Waals surface area contributed by atoms with Crippen molar-refractivity contribution in [3.05, 3.63) is 84.9 Å². The molecule has 0 radical (unpaired) electrons. The summed E-state index contributed by atoms with van der Waals surface area (Å²) in [5.41, 5.74) is -11.4. The van der Waals surface area contributed by atoms with Crippen LogP contribution in [0.25, 0.3) is 0 Å². The summed E-state index contributed by atoms with van der Waals surface area (Å²) in [6.45, 7) is 0. The minimum atomic E-state index is -6.22. The number of hydrogen-bond acceptors (Lipinski definition) is 5. The minimum Gasteiger partial charge on any atom is -0.214 e. The van der Waals surface area contributed by atoms with Crippen LogP contribution in [0.1, 0.15) is 0 Å². The second-order valence-electron chi connectivity index (χ2n) is 6.57. The molecule has 0 fully saturated rings. The van der Waals surface area contributed by atoms with Crippen molar-refractivity contribution in [1.82, 2.24) is 0 Å². The molecule has 3 rings (SSSR count). The van der Waals surface area contributed by atoms with Gasteiger partial charge in [0.1, 0.15) is 0 Å². The average molecular weight is 545 g/mol. The first-order valence-electron chi connectivity index (χ1n) is 9.00. The Bertz CT molecular complexity index is 1310. The molecule has 184 valence electrons. The van der Waals surface area contributed by atoms with Gasteiger partial charge in [-0.15, -0.1) is 0 Å². The molecule has 0 aromatic heterocycles. The molecular formula is C20H14F6O5S3. The quantitative estimate of drug-likeness (QED) is 0.279. The van der Waals surface area contributed by atoms with Crippen LogP contribution >= 0.6 is 10.3 Å². The summed E-state index contributed by atoms with van der Waals surface area (Å²) < 4.78 is 132. The first-order chi connectivity index (χ1) is 15.6. The largest absolute Gasteiger partial charge is 0.524 e. The monoisotopic (exact) mass is 544 g/mol. The Balaban J connectivity index is 2.36. The fourth-order valence-electron chi connectivity index (χ4n) is 2.87. The Morgan fingerprint density at radius 2 is 0.853 bits per heavy atom. The van der Waals surface area contributed by atoms with Gasteiger partial charge in [0, 0.05) is 14.7 Å². The maximum Gasteiger partial charge on any atom is 0.524 e. The van der Waals surface area contributed by atoms with E-state index in [1.165, 1.54) is 60.7 Å². The zero-order valence-electron chi connectivity index (χ0n) is 16.6. The van der Waals surface area contributed by atoms with Gasteiger partial charge >= 0.3 is 21.1 Å². The third-order valence-corrected chi connectivity index (χ3v) is 10.8. The highest BCUT2D eigenvalue weighted by molar-refractivity contribution is 8.33. The first-order valence-corrected chi connectivity index (χ1v) is 13.5. The molecule has 0 saturated heterocycles. The van der Waals surface area contributed by atoms with Crippen LogP contribution in [0, 0.1) is 0 Å². The molecule has 5 nitrogen and oxygen atoms in total. The average Bonchev–Trinajstić information content (AvgIpc) is 2.77. The molecule has 34 heavy (non-hydrogen) atoms. The number of benzene rings is 3. The highest BCUT2D eigenvalue weighted by Crippen LogP contribution is 2.70. The third kappa shape index (κ3) is 4.67. The van der Waals surface area contributed by atoms with Crippen LogP contribution in [0.2, 0.25) is 0 Å². The third-order valence-electron chi connectivity index (χ3n) is 4.40. The second-order valence-corrected chi connectivity index (χ2v) is 13.0. The number of halogens is 6. The van der Waals surface area contributed by atoms with Crippen molar-refractivity contribution in [3.63, 3.8) is 0 Å². The molecule has 0 aliphatic heterocycles. The highest BCUT2D eigenvalue weighted by Gasteiger charge is 2.53. The molecule has 0 N–H and O–H groups in total. The van der Waals surface area contributed by atoms with Gasteiger partial charge in [-0.3, -0.25) is 0 Å². The highest BCUT2D eigenvalue weighted by atomic mass is 32.3. The van der Waals surface area contributed by atoms with E-state index in [2.05, 4.69) is 0 Å². The number of alkyl halides is 6. The van der Waals surface area contributed by atoms with Gasteiger partial charge in [-0.25, -0.2) is 8.42 Å². The van der Waals surface area contributed by atoms with Gasteiger partial charge in [-0.1, -0.05) is 36.4 Å². The lowest BCUT2D eigenvalue weighted by molar-refractivity contribution is -0.0496. The van der Waals surface area contributed by atoms with Crippen molar-refractivity contribution >= 4 is 30.3 Å². The smallest absolute Gasteiger partial charge is 0.214 e. The molecule has 0 aliphatic rings. The van der Waals surface area contributed by atoms with E-state index in [4.69, 9.17) is 3.63 Å². The molecule has 0 heterocycles. The molecule has 3 aromatic carbocycles. The molecular weight excluding hydrogens is 530 g/mol. The summed E-state index contributed by atoms with van der Waals surface area (Å²) in [5, 5.41) is 0. The molecule has 0 saturated carbocycles. The van der Waals surface area contributed by atoms with Crippen LogP contribution in [0.3, 0.4) is 0 Å². The maximum absolute atomic E-state index is 13.4. The Kier molecular flexibility index (Phi) is 6.83. The Morgan fingerprint density at radius 1 is 0.500 bits per heavy atom. The summed E-state index contributed by atoms with van der Waals surface area (Å²) in [6, 6.07) is 16.5. The van der Waals surface area contributed by atoms with Crippen LogP contribution in [-0.4, -0.2) is 27.9 Å². The summed E-state index contributed by atoms with van der Waals surface area (Å²) in [5.74, 6) is 0. The molecule has 0 unspecified atom stereocenters. The fraction of sp³-hybridized carbons (Fsp3) is 0.100. The lowest BCUT2D eigenvalue weighted by Crippen LogP contribution is -2.27. The fourth-order valence-corrected chi connectivity index (χ4v) is 8.37. The van der Waals surface area contributed by atoms with Crippen LogP contribution in [-0.2, 0) is 23.6 Å². The molecule has 3 aromatic rings. The topological polar surface area (TPSA) is 77.5 Å². The molecule has 0 amide bonds. The first kappa shape index (κ1) is 26.1. The summed E-state index contributed by atoms with van der Waals surface area (Å²) in [4.78, 5) is -1.50. The number of hydrogen-bond donors (Lipinski definition) is 0. The van der Waals surface area contributed by atoms with Gasteiger partial charge in [-0.2, -0.15) is 38.4 Å². The summed E-state index contributed by atoms with van der Waals surface area (Å²) in [7, 11) is -15.7. The molecule has 14 heteroatoms. The van der Waals surface area contributed by atoms with E-state index in [0.29, 0.717) is 12.1 Å². The molecule has 0 aliphatic carbocycles. The predicted molar refractivity (Wildman–Crippen MR) is 111 cm³/mol. The molecule has 0 atom stereocenters. The van der Waals surface area contributed by atoms with Crippen LogP contribution in [0.4, 0.5) is 26.3 Å². The Morgan fingerprint density at radius 3 is 1.21 bits per heavy atom. The molecule has 0 spiro atoms. The maximum atomic E-state index is 13.4. The van der Waals surface area contributed by atoms with Gasteiger partial charge in [0.25, 0.3) is 9.84 Å². The van der Waals surface area contributed by atoms with Crippen LogP contribution in [0.5, 0.6) is 0 Å². The van der Waals surface area contributed by atoms with E-state index in [1.807, 2.05) is 0 Å². The SMILES string of the molecule is O=S(=O)(OS(c1ccccc1)(c1ccccc1)c1ccc(S(=O)(=O)C(F)(F)F)cc1)C(F)(F)F. The van der Waals surface area contributed by atoms with Crippen LogP contribution < -0.4 is 0 Å². The second kappa shape index (κ2) is 8.91. The van der Waals surface area contributed by atoms with Crippen molar-refractivity contribution in [1.29, 1.82) is 0 Å². The predicted octanol–water partition coefficient (Wildman–Crippen LogP) is 6.04. The normalized spacial score (nSPS) is 14.1. The summed E-state index contributed by atoms with van der Waals surface area (Å²) in [6.07, 6.45) is 0. The van der Waals surface area contributed by atoms with Crippen LogP contribution in [0.15, 0.2) is 105 Å². The number of rotatable bonds is 6. The van der Waals surface area contributed by atoms with Gasteiger partial charge in [0.05, 0.1) is 4.90 Å². The van der Waals surface area contributed by atoms with Gasteiger partial charge in [-0.05, 0) is 58.8 Å². The van der Waals surface area contributed by atoms with E-state index in [0.717, 1.165) is 12.1 Å². The lowest BCUT2D eigenvalue weighted by Gasteiger charge is -2.39. The van der Waals surface area contributed by atoms with Crippen molar-refractivity contribution in [3.8, 4) is 0 Å². The van der Waals surface area contributed by atoms with Gasteiger partial charge in [0.2, 0.25) is 0 Å². The van der Waals surface area contributed by atoms with Crippen molar-refractivity contribution < 1.29 is 46.8 Å². The Labute approximate surface area is 192 Å². The van der Waals surface area contributed by atoms with E-state index >= 15 is 0 Å². The minimum absolute atomic E-state index is 0.0274. The summed E-state index contributed by atoms with van der Waals surface area (Å²) >= 11 is 0. The zero-order valence-corrected chi connectivity index (χ0v) is 19.1. The zero-order chi connectivity index (χ0) is 25.4. The number of sulfone groups is 1. The lowest BCUT2D eigenvalue weighted by atomic mass is 10.4. The van der Waals surface area contributed by atoms with Gasteiger partial charge < -0.3 is 0 Å². The van der Waals surface area contributed by atoms with E-state index < -0.39 is 46.2 Å². The van der Waals surface area contributed by atoms with E-state index in [-0.39, 0.29) is 14.7 Å². The Hall–Kier alpha value is -2.55. The van der Waals surface area contributed by atoms with Gasteiger partial charge in [0.15, 0.2) is 0 Å². The van der Waals surface area contributed by atoms with E-state index in [9.17, 15) is 43.2 Å². The van der Waals surface area contributed by atoms with Crippen molar-refractivity contribution in [2.45, 2.75) is 30.6 Å². The standard InChI is InChI=1S/C20H14F6O5S3/c21-19(22,23)33(27,28)18-13-11-17(12-14-18)32(15-7-3-1-4-8-15,16-9-5-2-6-10-16)31-34(29,30)20(24,25)26/h1-14H.